The molecule has 8 heteroatoms. The molecule has 0 aliphatic heterocycles. The van der Waals surface area contributed by atoms with E-state index in [9.17, 15) is 9.59 Å². The molecule has 3 aromatic rings. The minimum absolute atomic E-state index is 0.0390. The van der Waals surface area contributed by atoms with E-state index in [0.717, 1.165) is 5.56 Å². The molecule has 29 heavy (non-hydrogen) atoms. The second kappa shape index (κ2) is 7.97. The van der Waals surface area contributed by atoms with E-state index in [1.807, 2.05) is 0 Å². The largest absolute Gasteiger partial charge is 0.465 e. The van der Waals surface area contributed by atoms with E-state index in [4.69, 9.17) is 15.7 Å². The summed E-state index contributed by atoms with van der Waals surface area (Å²) in [6.45, 7) is 0. The summed E-state index contributed by atoms with van der Waals surface area (Å²) >= 11 is 0. The van der Waals surface area contributed by atoms with Crippen LogP contribution in [0.4, 0.5) is 5.69 Å². The molecule has 0 radical (unpaired) electrons. The minimum Gasteiger partial charge on any atom is -0.465 e. The smallest absolute Gasteiger partial charge is 0.337 e. The molecular weight excluding hydrogens is 372 g/mol. The Balaban J connectivity index is 1.83. The molecule has 1 aromatic heterocycles. The van der Waals surface area contributed by atoms with Crippen LogP contribution in [0.1, 0.15) is 32.0 Å². The second-order valence-electron chi connectivity index (χ2n) is 6.52. The van der Waals surface area contributed by atoms with Crippen LogP contribution in [0.15, 0.2) is 53.1 Å². The van der Waals surface area contributed by atoms with Crippen LogP contribution < -0.4 is 5.73 Å². The van der Waals surface area contributed by atoms with Crippen molar-refractivity contribution in [3.8, 4) is 11.3 Å². The molecule has 0 saturated heterocycles. The Kier molecular flexibility index (Phi) is 5.45. The Morgan fingerprint density at radius 3 is 2.31 bits per heavy atom. The van der Waals surface area contributed by atoms with E-state index < -0.39 is 5.97 Å². The average Bonchev–Trinajstić information content (AvgIpc) is 3.22. The molecule has 1 heterocycles. The highest BCUT2D eigenvalue weighted by Crippen LogP contribution is 2.24. The molecule has 0 fully saturated rings. The molecule has 0 atom stereocenters. The van der Waals surface area contributed by atoms with Crippen LogP contribution in [0.25, 0.3) is 11.3 Å². The van der Waals surface area contributed by atoms with Gasteiger partial charge < -0.3 is 19.9 Å². The normalized spacial score (nSPS) is 10.4. The fraction of sp³-hybridized carbons (Fsp3) is 0.143. The quantitative estimate of drug-likeness (QED) is 0.391. The molecule has 0 aliphatic carbocycles. The Hall–Kier alpha value is -3.94. The molecule has 0 unspecified atom stereocenters. The first-order valence-corrected chi connectivity index (χ1v) is 8.67. The first-order chi connectivity index (χ1) is 13.8. The molecule has 0 aliphatic rings. The van der Waals surface area contributed by atoms with Crippen molar-refractivity contribution in [3.63, 3.8) is 0 Å². The number of nitrogens with zero attached hydrogens (tertiary/aromatic N) is 2. The highest BCUT2D eigenvalue weighted by Gasteiger charge is 2.17. The second-order valence-corrected chi connectivity index (χ2v) is 6.52. The summed E-state index contributed by atoms with van der Waals surface area (Å²) in [7, 11) is 4.66. The van der Waals surface area contributed by atoms with Gasteiger partial charge in [0, 0.05) is 42.5 Å². The highest BCUT2D eigenvalue weighted by molar-refractivity contribution is 6.13. The number of rotatable bonds is 5. The number of hydrogen-bond donors (Lipinski definition) is 2. The maximum absolute atomic E-state index is 12.0. The summed E-state index contributed by atoms with van der Waals surface area (Å²) in [6.07, 6.45) is 0. The van der Waals surface area contributed by atoms with Gasteiger partial charge >= 0.3 is 5.97 Å². The monoisotopic (exact) mass is 392 g/mol. The van der Waals surface area contributed by atoms with Gasteiger partial charge in [0.1, 0.15) is 11.4 Å². The number of carbonyl (C=O) groups excluding carboxylic acids is 2. The van der Waals surface area contributed by atoms with Crippen LogP contribution in [0.2, 0.25) is 0 Å². The number of carbonyl (C=O) groups is 2. The number of esters is 1. The Morgan fingerprint density at radius 2 is 1.72 bits per heavy atom. The van der Waals surface area contributed by atoms with Crippen LogP contribution in [-0.4, -0.2) is 48.8 Å². The van der Waals surface area contributed by atoms with Gasteiger partial charge in [0.15, 0.2) is 5.76 Å². The van der Waals surface area contributed by atoms with Crippen LogP contribution in [0, 0.1) is 5.41 Å². The minimum atomic E-state index is -0.507. The number of nitrogens with one attached hydrogen (secondary N) is 1. The van der Waals surface area contributed by atoms with Crippen molar-refractivity contribution >= 4 is 23.3 Å². The van der Waals surface area contributed by atoms with Crippen molar-refractivity contribution in [1.82, 2.24) is 10.1 Å². The molecule has 148 valence electrons. The van der Waals surface area contributed by atoms with E-state index in [-0.39, 0.29) is 23.1 Å². The fourth-order valence-electron chi connectivity index (χ4n) is 2.74. The van der Waals surface area contributed by atoms with E-state index in [1.54, 1.807) is 50.5 Å². The molecule has 0 saturated carbocycles. The maximum Gasteiger partial charge on any atom is 0.337 e. The van der Waals surface area contributed by atoms with Crippen LogP contribution in [0.5, 0.6) is 0 Å². The van der Waals surface area contributed by atoms with Gasteiger partial charge in [-0.3, -0.25) is 10.2 Å². The van der Waals surface area contributed by atoms with Crippen molar-refractivity contribution in [1.29, 1.82) is 5.41 Å². The molecule has 8 nitrogen and oxygen atoms in total. The van der Waals surface area contributed by atoms with Gasteiger partial charge in [0.25, 0.3) is 5.91 Å². The van der Waals surface area contributed by atoms with Crippen LogP contribution in [-0.2, 0) is 4.74 Å². The van der Waals surface area contributed by atoms with E-state index in [0.29, 0.717) is 22.4 Å². The summed E-state index contributed by atoms with van der Waals surface area (Å²) in [6, 6.07) is 13.1. The first-order valence-electron chi connectivity index (χ1n) is 8.67. The topological polar surface area (TPSA) is 123 Å². The van der Waals surface area contributed by atoms with Crippen molar-refractivity contribution in [2.24, 2.45) is 0 Å². The molecule has 2 aromatic carbocycles. The van der Waals surface area contributed by atoms with Gasteiger partial charge in [-0.05, 0) is 30.3 Å². The maximum atomic E-state index is 12.0. The lowest BCUT2D eigenvalue weighted by molar-refractivity contribution is 0.0600. The number of aromatic nitrogens is 1. The first kappa shape index (κ1) is 19.8. The van der Waals surface area contributed by atoms with Crippen molar-refractivity contribution < 1.29 is 18.8 Å². The summed E-state index contributed by atoms with van der Waals surface area (Å²) in [5, 5.41) is 12.4. The summed E-state index contributed by atoms with van der Waals surface area (Å²) in [5.41, 5.74) is 8.83. The molecule has 3 rings (SSSR count). The third-order valence-electron chi connectivity index (χ3n) is 4.33. The van der Waals surface area contributed by atoms with Gasteiger partial charge in [0.2, 0.25) is 0 Å². The van der Waals surface area contributed by atoms with Crippen molar-refractivity contribution in [2.45, 2.75) is 0 Å². The lowest BCUT2D eigenvalue weighted by Gasteiger charge is -2.09. The zero-order valence-electron chi connectivity index (χ0n) is 16.2. The van der Waals surface area contributed by atoms with Gasteiger partial charge in [0.05, 0.1) is 12.7 Å². The van der Waals surface area contributed by atoms with Crippen LogP contribution >= 0.6 is 0 Å². The van der Waals surface area contributed by atoms with E-state index in [1.165, 1.54) is 24.1 Å². The summed E-state index contributed by atoms with van der Waals surface area (Å²) in [4.78, 5) is 25.1. The van der Waals surface area contributed by atoms with Gasteiger partial charge in [-0.2, -0.15) is 0 Å². The predicted molar refractivity (Wildman–Crippen MR) is 108 cm³/mol. The Bertz CT molecular complexity index is 1080. The van der Waals surface area contributed by atoms with Gasteiger partial charge in [-0.25, -0.2) is 4.79 Å². The Labute approximate surface area is 167 Å². The summed E-state index contributed by atoms with van der Waals surface area (Å²) in [5.74, 6) is -0.371. The number of hydrogen-bond acceptors (Lipinski definition) is 7. The summed E-state index contributed by atoms with van der Waals surface area (Å²) < 4.78 is 9.97. The van der Waals surface area contributed by atoms with Gasteiger partial charge in [-0.15, -0.1) is 0 Å². The highest BCUT2D eigenvalue weighted by atomic mass is 16.5. The lowest BCUT2D eigenvalue weighted by atomic mass is 10.0. The third kappa shape index (κ3) is 4.01. The zero-order valence-corrected chi connectivity index (χ0v) is 16.2. The predicted octanol–water partition coefficient (Wildman–Crippen LogP) is 2.83. The molecule has 0 spiro atoms. The number of anilines is 1. The third-order valence-corrected chi connectivity index (χ3v) is 4.33. The zero-order chi connectivity index (χ0) is 21.1. The van der Waals surface area contributed by atoms with E-state index >= 15 is 0 Å². The SMILES string of the molecule is COC(=O)c1ccc(C(=N)c2cc(-c3ccc(C(=O)N(C)C)cc3)no2)c(N)c1. The van der Waals surface area contributed by atoms with Crippen molar-refractivity contribution in [3.05, 3.63) is 71.0 Å². The molecule has 0 bridgehead atoms. The molecular formula is C21H20N4O4. The standard InChI is InChI=1S/C21H20N4O4/c1-25(2)20(26)13-6-4-12(5-7-13)17-11-18(29-24-17)19(23)15-9-8-14(10-16(15)22)21(27)28-3/h4-11,23H,22H2,1-3H3. The number of methoxy groups -OCH3 is 1. The number of nitrogen functional groups attached to an aromatic ring is 1. The number of nitrogens with two attached hydrogens (primary N) is 1. The molecule has 1 amide bonds. The Morgan fingerprint density at radius 1 is 1.07 bits per heavy atom. The van der Waals surface area contributed by atoms with Crippen LogP contribution in [0.3, 0.4) is 0 Å². The molecule has 3 N–H and O–H groups in total. The van der Waals surface area contributed by atoms with E-state index in [2.05, 4.69) is 9.89 Å². The fourth-order valence-corrected chi connectivity index (χ4v) is 2.74. The van der Waals surface area contributed by atoms with Crippen molar-refractivity contribution in [2.75, 3.05) is 26.9 Å². The lowest BCUT2D eigenvalue weighted by Crippen LogP contribution is -2.21. The average molecular weight is 392 g/mol. The number of benzene rings is 2. The van der Waals surface area contributed by atoms with Gasteiger partial charge in [-0.1, -0.05) is 17.3 Å². The number of ether oxygens (including phenoxy) is 1. The number of amides is 1.